The maximum absolute atomic E-state index is 5.08. The molecule has 1 aliphatic carbocycles. The van der Waals surface area contributed by atoms with Crippen LogP contribution in [0.3, 0.4) is 0 Å². The van der Waals surface area contributed by atoms with Crippen molar-refractivity contribution in [2.45, 2.75) is 42.0 Å². The first kappa shape index (κ1) is 18.0. The van der Waals surface area contributed by atoms with E-state index in [1.54, 1.807) is 0 Å². The van der Waals surface area contributed by atoms with Gasteiger partial charge in [-0.3, -0.25) is 0 Å². The van der Waals surface area contributed by atoms with Gasteiger partial charge in [0.05, 0.1) is 5.69 Å². The SMILES string of the molecule is c1ccc2cc(Sc3nc(N4CCCNCC4)nc4c3CCCC4)ccc2c1. The normalized spacial score (nSPS) is 17.4. The molecule has 0 radical (unpaired) electrons. The van der Waals surface area contributed by atoms with Crippen LogP contribution >= 0.6 is 11.8 Å². The van der Waals surface area contributed by atoms with Gasteiger partial charge >= 0.3 is 0 Å². The number of nitrogens with one attached hydrogen (secondary N) is 1. The lowest BCUT2D eigenvalue weighted by molar-refractivity contribution is 0.638. The van der Waals surface area contributed by atoms with Crippen molar-refractivity contribution in [1.82, 2.24) is 15.3 Å². The molecule has 1 N–H and O–H groups in total. The zero-order chi connectivity index (χ0) is 18.8. The molecular formula is C23H26N4S. The van der Waals surface area contributed by atoms with Gasteiger partial charge in [-0.1, -0.05) is 42.1 Å². The summed E-state index contributed by atoms with van der Waals surface area (Å²) < 4.78 is 0. The highest BCUT2D eigenvalue weighted by molar-refractivity contribution is 7.99. The lowest BCUT2D eigenvalue weighted by atomic mass is 9.97. The van der Waals surface area contributed by atoms with Crippen molar-refractivity contribution in [2.75, 3.05) is 31.1 Å². The van der Waals surface area contributed by atoms with E-state index in [9.17, 15) is 0 Å². The fourth-order valence-corrected chi connectivity index (χ4v) is 5.18. The molecule has 0 saturated carbocycles. The summed E-state index contributed by atoms with van der Waals surface area (Å²) in [5, 5.41) is 7.21. The Kier molecular flexibility index (Phi) is 5.19. The molecule has 5 rings (SSSR count). The Bertz CT molecular complexity index is 979. The molecule has 1 saturated heterocycles. The summed E-state index contributed by atoms with van der Waals surface area (Å²) >= 11 is 1.81. The van der Waals surface area contributed by atoms with Crippen LogP contribution in [0.25, 0.3) is 10.8 Å². The Balaban J connectivity index is 1.51. The number of hydrogen-bond donors (Lipinski definition) is 1. The van der Waals surface area contributed by atoms with Gasteiger partial charge in [-0.05, 0) is 61.6 Å². The number of rotatable bonds is 3. The Morgan fingerprint density at radius 2 is 1.75 bits per heavy atom. The van der Waals surface area contributed by atoms with Gasteiger partial charge in [-0.25, -0.2) is 9.97 Å². The first-order valence-corrected chi connectivity index (χ1v) is 11.2. The summed E-state index contributed by atoms with van der Waals surface area (Å²) in [4.78, 5) is 13.7. The van der Waals surface area contributed by atoms with Crippen LogP contribution in [0.5, 0.6) is 0 Å². The second-order valence-corrected chi connectivity index (χ2v) is 8.72. The van der Waals surface area contributed by atoms with Crippen LogP contribution in [0.1, 0.15) is 30.5 Å². The van der Waals surface area contributed by atoms with E-state index in [0.717, 1.165) is 56.4 Å². The van der Waals surface area contributed by atoms with Crippen LogP contribution in [0.4, 0.5) is 5.95 Å². The van der Waals surface area contributed by atoms with E-state index in [2.05, 4.69) is 52.7 Å². The van der Waals surface area contributed by atoms with Gasteiger partial charge in [0.15, 0.2) is 0 Å². The minimum absolute atomic E-state index is 0.924. The smallest absolute Gasteiger partial charge is 0.226 e. The number of hydrogen-bond acceptors (Lipinski definition) is 5. The monoisotopic (exact) mass is 390 g/mol. The number of nitrogens with zero attached hydrogens (tertiary/aromatic N) is 3. The Labute approximate surface area is 170 Å². The average Bonchev–Trinajstić information content (AvgIpc) is 3.03. The topological polar surface area (TPSA) is 41.1 Å². The van der Waals surface area contributed by atoms with Crippen molar-refractivity contribution in [3.63, 3.8) is 0 Å². The molecule has 28 heavy (non-hydrogen) atoms. The average molecular weight is 391 g/mol. The van der Waals surface area contributed by atoms with Gasteiger partial charge < -0.3 is 10.2 Å². The van der Waals surface area contributed by atoms with Crippen molar-refractivity contribution < 1.29 is 0 Å². The zero-order valence-corrected chi connectivity index (χ0v) is 17.0. The summed E-state index contributed by atoms with van der Waals surface area (Å²) in [7, 11) is 0. The molecule has 2 aromatic carbocycles. The number of aryl methyl sites for hydroxylation is 1. The molecule has 4 nitrogen and oxygen atoms in total. The van der Waals surface area contributed by atoms with Gasteiger partial charge in [0.1, 0.15) is 5.03 Å². The number of anilines is 1. The van der Waals surface area contributed by atoms with E-state index in [-0.39, 0.29) is 0 Å². The van der Waals surface area contributed by atoms with Crippen LogP contribution in [0.2, 0.25) is 0 Å². The molecule has 2 aliphatic rings. The molecule has 0 unspecified atom stereocenters. The Hall–Kier alpha value is -2.11. The van der Waals surface area contributed by atoms with Crippen molar-refractivity contribution in [3.05, 3.63) is 53.7 Å². The lowest BCUT2D eigenvalue weighted by Crippen LogP contribution is -2.30. The van der Waals surface area contributed by atoms with Crippen LogP contribution in [-0.2, 0) is 12.8 Å². The van der Waals surface area contributed by atoms with Gasteiger partial charge in [0, 0.05) is 30.1 Å². The first-order chi connectivity index (χ1) is 13.9. The predicted molar refractivity (Wildman–Crippen MR) is 116 cm³/mol. The van der Waals surface area contributed by atoms with E-state index in [1.165, 1.54) is 39.8 Å². The summed E-state index contributed by atoms with van der Waals surface area (Å²) in [6.45, 7) is 4.11. The maximum atomic E-state index is 5.08. The van der Waals surface area contributed by atoms with E-state index < -0.39 is 0 Å². The largest absolute Gasteiger partial charge is 0.339 e. The molecule has 5 heteroatoms. The number of benzene rings is 2. The molecule has 0 spiro atoms. The second-order valence-electron chi connectivity index (χ2n) is 7.66. The molecule has 1 aliphatic heterocycles. The fraction of sp³-hybridized carbons (Fsp3) is 0.391. The minimum atomic E-state index is 0.924. The maximum Gasteiger partial charge on any atom is 0.226 e. The van der Waals surface area contributed by atoms with Crippen LogP contribution in [0.15, 0.2) is 52.4 Å². The van der Waals surface area contributed by atoms with Crippen LogP contribution in [0, 0.1) is 0 Å². The van der Waals surface area contributed by atoms with Gasteiger partial charge in [0.2, 0.25) is 5.95 Å². The Morgan fingerprint density at radius 1 is 0.857 bits per heavy atom. The highest BCUT2D eigenvalue weighted by atomic mass is 32.2. The highest BCUT2D eigenvalue weighted by Crippen LogP contribution is 2.36. The summed E-state index contributed by atoms with van der Waals surface area (Å²) in [5.74, 6) is 0.924. The number of fused-ring (bicyclic) bond motifs is 2. The minimum Gasteiger partial charge on any atom is -0.339 e. The van der Waals surface area contributed by atoms with Crippen LogP contribution < -0.4 is 10.2 Å². The van der Waals surface area contributed by atoms with Gasteiger partial charge in [-0.15, -0.1) is 0 Å². The molecule has 0 bridgehead atoms. The summed E-state index contributed by atoms with van der Waals surface area (Å²) in [5.41, 5.74) is 2.65. The molecule has 1 aromatic heterocycles. The zero-order valence-electron chi connectivity index (χ0n) is 16.2. The van der Waals surface area contributed by atoms with E-state index in [0.29, 0.717) is 0 Å². The third-order valence-electron chi connectivity index (χ3n) is 5.69. The van der Waals surface area contributed by atoms with Crippen molar-refractivity contribution in [1.29, 1.82) is 0 Å². The predicted octanol–water partition coefficient (Wildman–Crippen LogP) is 4.46. The molecular weight excluding hydrogens is 364 g/mol. The molecule has 2 heterocycles. The molecule has 0 atom stereocenters. The summed E-state index contributed by atoms with van der Waals surface area (Å²) in [6, 6.07) is 15.3. The quantitative estimate of drug-likeness (QED) is 0.669. The van der Waals surface area contributed by atoms with E-state index in [4.69, 9.17) is 9.97 Å². The standard InChI is InChI=1S/C23H26N4S/c1-2-7-18-16-19(11-10-17(18)6-1)28-22-20-8-3-4-9-21(20)25-23(26-22)27-14-5-12-24-13-15-27/h1-2,6-7,10-11,16,24H,3-5,8-9,12-15H2. The second kappa shape index (κ2) is 8.10. The molecule has 0 amide bonds. The Morgan fingerprint density at radius 3 is 2.71 bits per heavy atom. The van der Waals surface area contributed by atoms with Crippen molar-refractivity contribution >= 4 is 28.5 Å². The molecule has 3 aromatic rings. The van der Waals surface area contributed by atoms with E-state index in [1.807, 2.05) is 11.8 Å². The summed E-state index contributed by atoms with van der Waals surface area (Å²) in [6.07, 6.45) is 5.82. The van der Waals surface area contributed by atoms with Crippen LogP contribution in [-0.4, -0.2) is 36.1 Å². The molecule has 144 valence electrons. The fourth-order valence-electron chi connectivity index (χ4n) is 4.16. The third-order valence-corrected chi connectivity index (χ3v) is 6.71. The third kappa shape index (κ3) is 3.74. The van der Waals surface area contributed by atoms with Crippen molar-refractivity contribution in [3.8, 4) is 0 Å². The van der Waals surface area contributed by atoms with Gasteiger partial charge in [0.25, 0.3) is 0 Å². The highest BCUT2D eigenvalue weighted by Gasteiger charge is 2.21. The first-order valence-electron chi connectivity index (χ1n) is 10.4. The van der Waals surface area contributed by atoms with Crippen molar-refractivity contribution in [2.24, 2.45) is 0 Å². The van der Waals surface area contributed by atoms with Gasteiger partial charge in [-0.2, -0.15) is 0 Å². The lowest BCUT2D eigenvalue weighted by Gasteiger charge is -2.24. The van der Waals surface area contributed by atoms with E-state index >= 15 is 0 Å². The molecule has 1 fully saturated rings. The number of aromatic nitrogens is 2.